The normalized spacial score (nSPS) is 16.2. The van der Waals surface area contributed by atoms with Gasteiger partial charge < -0.3 is 25.4 Å². The molecule has 2 aliphatic rings. The highest BCUT2D eigenvalue weighted by Gasteiger charge is 2.24. The topological polar surface area (TPSA) is 111 Å². The molecular formula is C34H44N8O2. The molecule has 10 nitrogen and oxygen atoms in total. The van der Waals surface area contributed by atoms with E-state index in [-0.39, 0.29) is 5.78 Å². The Kier molecular flexibility index (Phi) is 10.2. The lowest BCUT2D eigenvalue weighted by molar-refractivity contribution is 0.103. The van der Waals surface area contributed by atoms with Gasteiger partial charge in [0, 0.05) is 36.1 Å². The molecule has 0 spiro atoms. The van der Waals surface area contributed by atoms with Crippen LogP contribution in [0.1, 0.15) is 65.4 Å². The first-order chi connectivity index (χ1) is 21.4. The summed E-state index contributed by atoms with van der Waals surface area (Å²) < 4.78 is 1.66. The number of hydrogen-bond acceptors (Lipinski definition) is 8. The molecule has 2 aliphatic heterocycles. The molecule has 0 radical (unpaired) electrons. The van der Waals surface area contributed by atoms with Gasteiger partial charge in [-0.3, -0.25) is 14.6 Å². The minimum atomic E-state index is -0.203. The molecule has 6 rings (SSSR count). The zero-order chi connectivity index (χ0) is 31.1. The Hall–Kier alpha value is -4.28. The second kappa shape index (κ2) is 14.5. The van der Waals surface area contributed by atoms with Crippen molar-refractivity contribution < 1.29 is 9.59 Å². The van der Waals surface area contributed by atoms with Gasteiger partial charge in [0.25, 0.3) is 0 Å². The number of piperidine rings is 2. The summed E-state index contributed by atoms with van der Waals surface area (Å²) in [5.74, 6) is 0.356. The second-order valence-corrected chi connectivity index (χ2v) is 11.6. The fourth-order valence-electron chi connectivity index (χ4n) is 6.21. The largest absolute Gasteiger partial charge is 0.384 e. The number of fused-ring (bicyclic) bond motifs is 1. The SMILES string of the molecule is C=Nc1cc(-n2ncc(C(=O)c3cc4cc(C=O)ccc4[nH]3)c2NC)ccc1NCC.CN1CCC(N2CCCCC2)CC1. The number of benzene rings is 2. The van der Waals surface area contributed by atoms with Crippen molar-refractivity contribution in [2.24, 2.45) is 4.99 Å². The van der Waals surface area contributed by atoms with Crippen LogP contribution in [0, 0.1) is 0 Å². The van der Waals surface area contributed by atoms with Crippen LogP contribution in [-0.2, 0) is 0 Å². The van der Waals surface area contributed by atoms with Gasteiger partial charge in [-0.05, 0) is 115 Å². The third kappa shape index (κ3) is 6.92. The van der Waals surface area contributed by atoms with Crippen molar-refractivity contribution in [1.29, 1.82) is 0 Å². The Morgan fingerprint density at radius 1 is 1.09 bits per heavy atom. The van der Waals surface area contributed by atoms with Gasteiger partial charge in [0.05, 0.1) is 34.5 Å². The predicted molar refractivity (Wildman–Crippen MR) is 180 cm³/mol. The second-order valence-electron chi connectivity index (χ2n) is 11.6. The molecule has 3 N–H and O–H groups in total. The number of H-pyrrole nitrogens is 1. The number of carbonyl (C=O) groups is 2. The van der Waals surface area contributed by atoms with E-state index < -0.39 is 0 Å². The van der Waals surface area contributed by atoms with E-state index in [1.54, 1.807) is 36.0 Å². The number of likely N-dealkylation sites (tertiary alicyclic amines) is 2. The standard InChI is InChI=1S/C23H22N6O2.C11H22N2/c1-4-26-19-8-6-16(11-20(19)24-2)29-23(25-3)17(12-27-29)22(31)21-10-15-9-14(13-30)5-7-18(15)28-21;1-12-9-5-11(6-10-12)13-7-3-2-4-8-13/h5-13,25-26,28H,2,4H2,1,3H3;11H,2-10H2,1H3. The van der Waals surface area contributed by atoms with E-state index in [1.807, 2.05) is 25.1 Å². The molecule has 0 saturated carbocycles. The molecule has 2 saturated heterocycles. The van der Waals surface area contributed by atoms with Crippen molar-refractivity contribution in [3.63, 3.8) is 0 Å². The number of carbonyl (C=O) groups excluding carboxylic acids is 2. The van der Waals surface area contributed by atoms with Crippen LogP contribution in [0.25, 0.3) is 16.6 Å². The Morgan fingerprint density at radius 2 is 1.86 bits per heavy atom. The first-order valence-corrected chi connectivity index (χ1v) is 15.6. The molecule has 2 aromatic heterocycles. The fourth-order valence-corrected chi connectivity index (χ4v) is 6.21. The average molecular weight is 597 g/mol. The highest BCUT2D eigenvalue weighted by Crippen LogP contribution is 2.30. The zero-order valence-corrected chi connectivity index (χ0v) is 26.1. The molecule has 4 heterocycles. The number of aldehydes is 1. The lowest BCUT2D eigenvalue weighted by Crippen LogP contribution is -2.45. The number of aromatic amines is 1. The summed E-state index contributed by atoms with van der Waals surface area (Å²) >= 11 is 0. The number of nitrogens with zero attached hydrogens (tertiary/aromatic N) is 5. The van der Waals surface area contributed by atoms with E-state index in [0.717, 1.165) is 41.2 Å². The number of ketones is 1. The van der Waals surface area contributed by atoms with Crippen molar-refractivity contribution in [3.8, 4) is 5.69 Å². The minimum Gasteiger partial charge on any atom is -0.384 e. The molecule has 0 aliphatic carbocycles. The van der Waals surface area contributed by atoms with E-state index in [4.69, 9.17) is 0 Å². The van der Waals surface area contributed by atoms with Crippen LogP contribution in [-0.4, -0.2) is 96.2 Å². The van der Waals surface area contributed by atoms with E-state index in [0.29, 0.717) is 28.3 Å². The number of anilines is 2. The Morgan fingerprint density at radius 3 is 2.55 bits per heavy atom. The van der Waals surface area contributed by atoms with Crippen LogP contribution in [0.2, 0.25) is 0 Å². The molecule has 232 valence electrons. The van der Waals surface area contributed by atoms with E-state index in [9.17, 15) is 9.59 Å². The number of hydrogen-bond donors (Lipinski definition) is 3. The highest BCUT2D eigenvalue weighted by atomic mass is 16.1. The minimum absolute atomic E-state index is 0.203. The van der Waals surface area contributed by atoms with Gasteiger partial charge in [-0.2, -0.15) is 5.10 Å². The van der Waals surface area contributed by atoms with Gasteiger partial charge in [-0.25, -0.2) is 4.68 Å². The average Bonchev–Trinajstić information content (AvgIpc) is 3.70. The predicted octanol–water partition coefficient (Wildman–Crippen LogP) is 5.77. The van der Waals surface area contributed by atoms with Crippen LogP contribution in [0.15, 0.2) is 53.7 Å². The van der Waals surface area contributed by atoms with Crippen molar-refractivity contribution in [3.05, 3.63) is 65.5 Å². The summed E-state index contributed by atoms with van der Waals surface area (Å²) in [4.78, 5) is 36.7. The van der Waals surface area contributed by atoms with Crippen LogP contribution < -0.4 is 10.6 Å². The molecule has 2 aromatic carbocycles. The van der Waals surface area contributed by atoms with Gasteiger partial charge in [0.15, 0.2) is 0 Å². The van der Waals surface area contributed by atoms with Crippen LogP contribution in [0.3, 0.4) is 0 Å². The van der Waals surface area contributed by atoms with Gasteiger partial charge in [-0.1, -0.05) is 6.42 Å². The fraction of sp³-hybridized carbons (Fsp3) is 0.412. The van der Waals surface area contributed by atoms with E-state index >= 15 is 0 Å². The Bertz CT molecular complexity index is 1590. The monoisotopic (exact) mass is 596 g/mol. The number of aliphatic imine (C=N–C) groups is 1. The van der Waals surface area contributed by atoms with E-state index in [2.05, 4.69) is 49.3 Å². The summed E-state index contributed by atoms with van der Waals surface area (Å²) in [7, 11) is 3.98. The van der Waals surface area contributed by atoms with Gasteiger partial charge >= 0.3 is 0 Å². The van der Waals surface area contributed by atoms with Crippen molar-refractivity contribution in [2.75, 3.05) is 57.5 Å². The van der Waals surface area contributed by atoms with Crippen molar-refractivity contribution in [1.82, 2.24) is 24.6 Å². The zero-order valence-electron chi connectivity index (χ0n) is 26.1. The summed E-state index contributed by atoms with van der Waals surface area (Å²) in [6.07, 6.45) is 9.45. The smallest absolute Gasteiger partial charge is 0.214 e. The van der Waals surface area contributed by atoms with Crippen LogP contribution in [0.5, 0.6) is 0 Å². The third-order valence-electron chi connectivity index (χ3n) is 8.63. The molecule has 4 aromatic rings. The summed E-state index contributed by atoms with van der Waals surface area (Å²) in [6.45, 7) is 11.8. The van der Waals surface area contributed by atoms with Crippen molar-refractivity contribution in [2.45, 2.75) is 45.1 Å². The number of nitrogens with one attached hydrogen (secondary N) is 3. The summed E-state index contributed by atoms with van der Waals surface area (Å²) in [5, 5.41) is 11.5. The first kappa shape index (κ1) is 31.2. The summed E-state index contributed by atoms with van der Waals surface area (Å²) in [5.41, 5.74) is 4.52. The quantitative estimate of drug-likeness (QED) is 0.128. The first-order valence-electron chi connectivity index (χ1n) is 15.6. The maximum atomic E-state index is 13.2. The number of rotatable bonds is 9. The third-order valence-corrected chi connectivity index (χ3v) is 8.63. The molecule has 0 atom stereocenters. The Labute approximate surface area is 259 Å². The Balaban J connectivity index is 0.000000245. The van der Waals surface area contributed by atoms with Gasteiger partial charge in [0.2, 0.25) is 5.78 Å². The van der Waals surface area contributed by atoms with Crippen LogP contribution in [0.4, 0.5) is 17.2 Å². The van der Waals surface area contributed by atoms with Crippen LogP contribution >= 0.6 is 0 Å². The van der Waals surface area contributed by atoms with Crippen molar-refractivity contribution >= 4 is 46.9 Å². The highest BCUT2D eigenvalue weighted by molar-refractivity contribution is 6.13. The molecule has 44 heavy (non-hydrogen) atoms. The van der Waals surface area contributed by atoms with Gasteiger partial charge in [0.1, 0.15) is 12.1 Å². The lowest BCUT2D eigenvalue weighted by atomic mass is 10.0. The van der Waals surface area contributed by atoms with Gasteiger partial charge in [-0.15, -0.1) is 0 Å². The molecule has 0 unspecified atom stereocenters. The molecule has 10 heteroatoms. The molecule has 0 amide bonds. The molecule has 0 bridgehead atoms. The maximum Gasteiger partial charge on any atom is 0.214 e. The lowest BCUT2D eigenvalue weighted by Gasteiger charge is -2.39. The maximum absolute atomic E-state index is 13.2. The number of aromatic nitrogens is 3. The molecule has 2 fully saturated rings. The summed E-state index contributed by atoms with van der Waals surface area (Å²) in [6, 6.07) is 13.6. The molecular weight excluding hydrogens is 552 g/mol. The van der Waals surface area contributed by atoms with E-state index in [1.165, 1.54) is 64.5 Å².